The number of furan rings is 1. The number of hydrogen-bond donors (Lipinski definition) is 3. The van der Waals surface area contributed by atoms with Crippen molar-refractivity contribution in [2.75, 3.05) is 11.8 Å². The zero-order valence-electron chi connectivity index (χ0n) is 18.2. The van der Waals surface area contributed by atoms with Gasteiger partial charge < -0.3 is 9.15 Å². The average Bonchev–Trinajstić information content (AvgIpc) is 3.14. The number of amides is 2. The number of para-hydroxylation sites is 2. The third-order valence-corrected chi connectivity index (χ3v) is 5.94. The van der Waals surface area contributed by atoms with Crippen molar-refractivity contribution in [1.82, 2.24) is 10.9 Å². The van der Waals surface area contributed by atoms with E-state index in [2.05, 4.69) is 15.6 Å². The molecular weight excluding hydrogens is 446 g/mol. The van der Waals surface area contributed by atoms with E-state index in [0.29, 0.717) is 34.1 Å². The fraction of sp³-hybridized carbons (Fsp3) is 0.130. The topological polar surface area (TPSA) is 127 Å². The first-order valence-corrected chi connectivity index (χ1v) is 11.3. The Morgan fingerprint density at radius 3 is 2.33 bits per heavy atom. The average molecular weight is 470 g/mol. The van der Waals surface area contributed by atoms with E-state index in [1.807, 2.05) is 0 Å². The van der Waals surface area contributed by atoms with Crippen LogP contribution in [-0.2, 0) is 14.8 Å². The van der Waals surface area contributed by atoms with Crippen LogP contribution in [0.1, 0.15) is 27.4 Å². The molecule has 3 aromatic rings. The first-order chi connectivity index (χ1) is 15.7. The Balaban J connectivity index is 1.59. The van der Waals surface area contributed by atoms with Crippen LogP contribution in [0.2, 0.25) is 0 Å². The van der Waals surface area contributed by atoms with E-state index in [9.17, 15) is 18.0 Å². The van der Waals surface area contributed by atoms with E-state index in [0.717, 1.165) is 0 Å². The Bertz CT molecular complexity index is 1290. The van der Waals surface area contributed by atoms with Crippen LogP contribution in [0.15, 0.2) is 70.0 Å². The lowest BCUT2D eigenvalue weighted by molar-refractivity contribution is -0.117. The second-order valence-electron chi connectivity index (χ2n) is 6.98. The van der Waals surface area contributed by atoms with Gasteiger partial charge >= 0.3 is 0 Å². The summed E-state index contributed by atoms with van der Waals surface area (Å²) in [5.41, 5.74) is 5.82. The summed E-state index contributed by atoms with van der Waals surface area (Å²) in [6, 6.07) is 14.2. The standard InChI is InChI=1S/C23H23N3O6S/c1-15-14-19(16(2)32-15)23(28)25-24-22(27)13-10-17-8-11-18(12-9-17)33(29,30)26-20-6-4-5-7-21(20)31-3/h4-14,26H,1-3H3,(H,24,27)(H,25,28)/b13-10+. The number of methoxy groups -OCH3 is 1. The number of rotatable bonds is 7. The van der Waals surface area contributed by atoms with Gasteiger partial charge in [0, 0.05) is 6.08 Å². The van der Waals surface area contributed by atoms with Crippen molar-refractivity contribution in [2.45, 2.75) is 18.7 Å². The predicted molar refractivity (Wildman–Crippen MR) is 123 cm³/mol. The van der Waals surface area contributed by atoms with Crippen LogP contribution in [-0.4, -0.2) is 27.3 Å². The van der Waals surface area contributed by atoms with Crippen LogP contribution in [0.5, 0.6) is 5.75 Å². The fourth-order valence-electron chi connectivity index (χ4n) is 2.95. The number of ether oxygens (including phenoxy) is 1. The van der Waals surface area contributed by atoms with Crippen LogP contribution < -0.4 is 20.3 Å². The van der Waals surface area contributed by atoms with E-state index in [1.54, 1.807) is 56.3 Å². The van der Waals surface area contributed by atoms with E-state index >= 15 is 0 Å². The molecule has 0 saturated carbocycles. The first kappa shape index (κ1) is 23.6. The molecule has 0 spiro atoms. The van der Waals surface area contributed by atoms with E-state index in [-0.39, 0.29) is 4.90 Å². The maximum absolute atomic E-state index is 12.6. The van der Waals surface area contributed by atoms with E-state index in [4.69, 9.17) is 9.15 Å². The summed E-state index contributed by atoms with van der Waals surface area (Å²) in [6.45, 7) is 3.37. The number of nitrogens with one attached hydrogen (secondary N) is 3. The summed E-state index contributed by atoms with van der Waals surface area (Å²) >= 11 is 0. The number of sulfonamides is 1. The Kier molecular flexibility index (Phi) is 7.19. The Hall–Kier alpha value is -4.05. The molecule has 1 heterocycles. The molecule has 2 aromatic carbocycles. The molecule has 0 radical (unpaired) electrons. The zero-order valence-corrected chi connectivity index (χ0v) is 19.0. The molecule has 33 heavy (non-hydrogen) atoms. The number of benzene rings is 2. The number of carbonyl (C=O) groups excluding carboxylic acids is 2. The van der Waals surface area contributed by atoms with Crippen LogP contribution in [0.25, 0.3) is 6.08 Å². The third kappa shape index (κ3) is 6.01. The van der Waals surface area contributed by atoms with Crippen molar-refractivity contribution in [2.24, 2.45) is 0 Å². The van der Waals surface area contributed by atoms with Gasteiger partial charge in [-0.3, -0.25) is 25.2 Å². The third-order valence-electron chi connectivity index (χ3n) is 4.55. The van der Waals surface area contributed by atoms with Crippen molar-refractivity contribution >= 4 is 33.6 Å². The Labute approximate surface area is 191 Å². The SMILES string of the molecule is COc1ccccc1NS(=O)(=O)c1ccc(/C=C/C(=O)NNC(=O)c2cc(C)oc2C)cc1. The van der Waals surface area contributed by atoms with Crippen LogP contribution in [0, 0.1) is 13.8 Å². The van der Waals surface area contributed by atoms with Crippen molar-refractivity contribution in [3.8, 4) is 5.75 Å². The maximum Gasteiger partial charge on any atom is 0.273 e. The highest BCUT2D eigenvalue weighted by Crippen LogP contribution is 2.26. The number of aryl methyl sites for hydroxylation is 2. The number of hydrogen-bond acceptors (Lipinski definition) is 6. The second kappa shape index (κ2) is 10.0. The number of carbonyl (C=O) groups is 2. The minimum absolute atomic E-state index is 0.0491. The van der Waals surface area contributed by atoms with Crippen LogP contribution in [0.3, 0.4) is 0 Å². The highest BCUT2D eigenvalue weighted by atomic mass is 32.2. The fourth-order valence-corrected chi connectivity index (χ4v) is 4.02. The monoisotopic (exact) mass is 469 g/mol. The van der Waals surface area contributed by atoms with Gasteiger partial charge in [0.2, 0.25) is 0 Å². The molecule has 1 aromatic heterocycles. The molecule has 0 aliphatic rings. The van der Waals surface area contributed by atoms with E-state index in [1.165, 1.54) is 31.4 Å². The molecule has 0 aliphatic carbocycles. The molecule has 9 nitrogen and oxygen atoms in total. The minimum Gasteiger partial charge on any atom is -0.495 e. The Morgan fingerprint density at radius 1 is 1.00 bits per heavy atom. The summed E-state index contributed by atoms with van der Waals surface area (Å²) in [5, 5.41) is 0. The van der Waals surface area contributed by atoms with Gasteiger partial charge in [-0.15, -0.1) is 0 Å². The molecule has 0 aliphatic heterocycles. The van der Waals surface area contributed by atoms with Crippen molar-refractivity contribution in [3.63, 3.8) is 0 Å². The number of anilines is 1. The maximum atomic E-state index is 12.6. The zero-order chi connectivity index (χ0) is 24.0. The Morgan fingerprint density at radius 2 is 1.70 bits per heavy atom. The van der Waals surface area contributed by atoms with Gasteiger partial charge in [0.15, 0.2) is 0 Å². The lowest BCUT2D eigenvalue weighted by atomic mass is 10.2. The molecule has 172 valence electrons. The number of hydrazine groups is 1. The molecule has 0 fully saturated rings. The molecular formula is C23H23N3O6S. The summed E-state index contributed by atoms with van der Waals surface area (Å²) in [7, 11) is -2.38. The summed E-state index contributed by atoms with van der Waals surface area (Å²) in [4.78, 5) is 24.1. The lowest BCUT2D eigenvalue weighted by Gasteiger charge is -2.11. The molecule has 10 heteroatoms. The largest absolute Gasteiger partial charge is 0.495 e. The summed E-state index contributed by atoms with van der Waals surface area (Å²) in [6.07, 6.45) is 2.70. The first-order valence-electron chi connectivity index (χ1n) is 9.81. The normalized spacial score (nSPS) is 11.2. The van der Waals surface area contributed by atoms with Crippen molar-refractivity contribution in [1.29, 1.82) is 0 Å². The molecule has 3 rings (SSSR count). The smallest absolute Gasteiger partial charge is 0.273 e. The van der Waals surface area contributed by atoms with Gasteiger partial charge in [0.25, 0.3) is 21.8 Å². The molecule has 0 saturated heterocycles. The highest BCUT2D eigenvalue weighted by Gasteiger charge is 2.16. The summed E-state index contributed by atoms with van der Waals surface area (Å²) < 4.78 is 38.2. The quantitative estimate of drug-likeness (QED) is 0.360. The van der Waals surface area contributed by atoms with Gasteiger partial charge in [0.05, 0.1) is 23.3 Å². The molecule has 0 atom stereocenters. The van der Waals surface area contributed by atoms with Gasteiger partial charge in [-0.25, -0.2) is 8.42 Å². The molecule has 2 amide bonds. The molecule has 0 bridgehead atoms. The van der Waals surface area contributed by atoms with Crippen molar-refractivity contribution in [3.05, 3.63) is 83.3 Å². The van der Waals surface area contributed by atoms with Gasteiger partial charge in [0.1, 0.15) is 17.3 Å². The predicted octanol–water partition coefficient (Wildman–Crippen LogP) is 3.18. The van der Waals surface area contributed by atoms with Gasteiger partial charge in [-0.1, -0.05) is 24.3 Å². The summed E-state index contributed by atoms with van der Waals surface area (Å²) in [5.74, 6) is 0.383. The molecule has 3 N–H and O–H groups in total. The van der Waals surface area contributed by atoms with Crippen molar-refractivity contribution < 1.29 is 27.2 Å². The molecule has 0 unspecified atom stereocenters. The van der Waals surface area contributed by atoms with E-state index < -0.39 is 21.8 Å². The minimum atomic E-state index is -3.83. The van der Waals surface area contributed by atoms with Gasteiger partial charge in [-0.05, 0) is 55.8 Å². The van der Waals surface area contributed by atoms with Crippen LogP contribution in [0.4, 0.5) is 5.69 Å². The second-order valence-corrected chi connectivity index (χ2v) is 8.66. The highest BCUT2D eigenvalue weighted by molar-refractivity contribution is 7.92. The lowest BCUT2D eigenvalue weighted by Crippen LogP contribution is -2.40. The van der Waals surface area contributed by atoms with Crippen LogP contribution >= 0.6 is 0 Å². The van der Waals surface area contributed by atoms with Gasteiger partial charge in [-0.2, -0.15) is 0 Å².